The lowest BCUT2D eigenvalue weighted by molar-refractivity contribution is -0.134. The molecule has 1 aromatic heterocycles. The molecule has 0 radical (unpaired) electrons. The van der Waals surface area contributed by atoms with E-state index in [1.54, 1.807) is 0 Å². The van der Waals surface area contributed by atoms with Crippen molar-refractivity contribution in [3.63, 3.8) is 0 Å². The summed E-state index contributed by atoms with van der Waals surface area (Å²) in [5, 5.41) is 0.982. The van der Waals surface area contributed by atoms with Crippen molar-refractivity contribution in [3.05, 3.63) is 30.0 Å². The van der Waals surface area contributed by atoms with E-state index in [0.717, 1.165) is 42.1 Å². The van der Waals surface area contributed by atoms with Crippen LogP contribution in [0.5, 0.6) is 5.75 Å². The van der Waals surface area contributed by atoms with Crippen molar-refractivity contribution in [2.45, 2.75) is 32.1 Å². The number of unbranched alkanes of at least 4 members (excludes halogenated alkanes) is 2. The number of carbonyl (C=O) groups excluding carboxylic acids is 2. The fourth-order valence-electron chi connectivity index (χ4n) is 2.52. The van der Waals surface area contributed by atoms with Gasteiger partial charge in [0.15, 0.2) is 0 Å². The Hall–Kier alpha value is -2.14. The summed E-state index contributed by atoms with van der Waals surface area (Å²) in [6.45, 7) is 0.931. The number of esters is 1. The second kappa shape index (κ2) is 8.48. The lowest BCUT2D eigenvalue weighted by Crippen LogP contribution is -2.15. The van der Waals surface area contributed by atoms with Gasteiger partial charge in [-0.2, -0.15) is 0 Å². The molecule has 0 amide bonds. The topological polar surface area (TPSA) is 62.4 Å². The number of nitrogens with zero attached hydrogens (tertiary/aromatic N) is 1. The van der Waals surface area contributed by atoms with E-state index >= 15 is 0 Å². The van der Waals surface area contributed by atoms with Crippen LogP contribution in [0.4, 0.5) is 0 Å². The zero-order valence-electron chi connectivity index (χ0n) is 13.8. The maximum atomic E-state index is 12.0. The molecule has 0 saturated heterocycles. The van der Waals surface area contributed by atoms with E-state index in [0.29, 0.717) is 25.0 Å². The van der Waals surface area contributed by atoms with Crippen LogP contribution in [0, 0.1) is 0 Å². The Kier molecular flexibility index (Phi) is 6.35. The lowest BCUT2D eigenvalue weighted by atomic mass is 10.1. The van der Waals surface area contributed by atoms with Gasteiger partial charge in [0, 0.05) is 36.5 Å². The van der Waals surface area contributed by atoms with Crippen molar-refractivity contribution in [3.8, 4) is 5.75 Å². The van der Waals surface area contributed by atoms with Gasteiger partial charge in [-0.15, -0.1) is 0 Å². The Bertz CT molecular complexity index is 661. The normalized spacial score (nSPS) is 11.1. The van der Waals surface area contributed by atoms with Crippen LogP contribution in [0.25, 0.3) is 10.9 Å². The Morgan fingerprint density at radius 2 is 2.13 bits per heavy atom. The second-order valence-electron chi connectivity index (χ2n) is 5.93. The van der Waals surface area contributed by atoms with E-state index in [1.807, 2.05) is 38.5 Å². The monoisotopic (exact) mass is 316 g/mol. The number of benzene rings is 1. The first-order chi connectivity index (χ1) is 11.1. The van der Waals surface area contributed by atoms with Crippen LogP contribution >= 0.6 is 0 Å². The number of nitrogens with one attached hydrogen (secondary N) is 1. The lowest BCUT2D eigenvalue weighted by Gasteiger charge is -2.10. The molecule has 0 aliphatic carbocycles. The summed E-state index contributed by atoms with van der Waals surface area (Å²) in [4.78, 5) is 27.6. The molecule has 2 rings (SSSR count). The molecular formula is C18H24N2O3. The predicted octanol–water partition coefficient (Wildman–Crippen LogP) is 2.94. The van der Waals surface area contributed by atoms with Crippen molar-refractivity contribution < 1.29 is 14.3 Å². The average Bonchev–Trinajstić information content (AvgIpc) is 2.94. The van der Waals surface area contributed by atoms with Crippen molar-refractivity contribution in [1.82, 2.24) is 9.88 Å². The third-order valence-electron chi connectivity index (χ3n) is 3.75. The molecule has 5 nitrogen and oxygen atoms in total. The van der Waals surface area contributed by atoms with Crippen LogP contribution in [0.2, 0.25) is 0 Å². The molecule has 124 valence electrons. The van der Waals surface area contributed by atoms with Crippen LogP contribution in [0.3, 0.4) is 0 Å². The number of hydrogen-bond acceptors (Lipinski definition) is 4. The number of carbonyl (C=O) groups is 2. The molecule has 1 heterocycles. The predicted molar refractivity (Wildman–Crippen MR) is 90.7 cm³/mol. The highest BCUT2D eigenvalue weighted by atomic mass is 16.5. The molecule has 0 unspecified atom stereocenters. The first-order valence-electron chi connectivity index (χ1n) is 8.00. The minimum Gasteiger partial charge on any atom is -0.426 e. The molecule has 0 atom stereocenters. The van der Waals surface area contributed by atoms with Gasteiger partial charge in [0.25, 0.3) is 0 Å². The summed E-state index contributed by atoms with van der Waals surface area (Å²) < 4.78 is 5.55. The molecule has 2 aromatic rings. The fourth-order valence-corrected chi connectivity index (χ4v) is 2.52. The molecule has 0 spiro atoms. The Balaban J connectivity index is 2.08. The molecule has 0 aliphatic rings. The Labute approximate surface area is 136 Å². The summed E-state index contributed by atoms with van der Waals surface area (Å²) >= 11 is 0. The number of likely N-dealkylation sites (N-methyl/N-ethyl adjacent to an activating group) is 1. The van der Waals surface area contributed by atoms with E-state index < -0.39 is 0 Å². The van der Waals surface area contributed by atoms with Crippen LogP contribution in [-0.4, -0.2) is 42.8 Å². The van der Waals surface area contributed by atoms with Crippen molar-refractivity contribution in [2.75, 3.05) is 20.6 Å². The zero-order chi connectivity index (χ0) is 16.7. The number of aldehydes is 1. The fraction of sp³-hybridized carbons (Fsp3) is 0.444. The molecule has 5 heteroatoms. The highest BCUT2D eigenvalue weighted by molar-refractivity contribution is 5.91. The third kappa shape index (κ3) is 4.93. The second-order valence-corrected chi connectivity index (χ2v) is 5.93. The minimum absolute atomic E-state index is 0.247. The van der Waals surface area contributed by atoms with E-state index in [2.05, 4.69) is 9.88 Å². The van der Waals surface area contributed by atoms with E-state index in [4.69, 9.17) is 4.74 Å². The maximum Gasteiger partial charge on any atom is 0.311 e. The third-order valence-corrected chi connectivity index (χ3v) is 3.75. The van der Waals surface area contributed by atoms with E-state index in [9.17, 15) is 9.59 Å². The summed E-state index contributed by atoms with van der Waals surface area (Å²) in [6.07, 6.45) is 5.98. The average molecular weight is 316 g/mol. The van der Waals surface area contributed by atoms with Crippen molar-refractivity contribution >= 4 is 23.2 Å². The number of aromatic nitrogens is 1. The molecule has 23 heavy (non-hydrogen) atoms. The molecule has 0 aliphatic heterocycles. The zero-order valence-corrected chi connectivity index (χ0v) is 13.8. The highest BCUT2D eigenvalue weighted by Crippen LogP contribution is 2.29. The molecule has 1 N–H and O–H groups in total. The van der Waals surface area contributed by atoms with Gasteiger partial charge in [0.05, 0.1) is 0 Å². The van der Waals surface area contributed by atoms with Crippen molar-refractivity contribution in [1.29, 1.82) is 0 Å². The Morgan fingerprint density at radius 1 is 1.30 bits per heavy atom. The van der Waals surface area contributed by atoms with Crippen molar-refractivity contribution in [2.24, 2.45) is 0 Å². The number of hydrogen-bond donors (Lipinski definition) is 1. The van der Waals surface area contributed by atoms with Gasteiger partial charge in [-0.3, -0.25) is 4.79 Å². The number of aromatic amines is 1. The standard InChI is InChI=1S/C18H24N2O3/c1-20(2)11-10-14-13-19-15-7-6-8-16(18(14)15)23-17(22)9-4-3-5-12-21/h6-8,12-13,19H,3-5,9-11H2,1-2H3. The van der Waals surface area contributed by atoms with E-state index in [1.165, 1.54) is 0 Å². The van der Waals surface area contributed by atoms with Crippen LogP contribution < -0.4 is 4.74 Å². The summed E-state index contributed by atoms with van der Waals surface area (Å²) in [6, 6.07) is 5.69. The quantitative estimate of drug-likeness (QED) is 0.334. The smallest absolute Gasteiger partial charge is 0.311 e. The number of rotatable bonds is 9. The summed E-state index contributed by atoms with van der Waals surface area (Å²) in [5.41, 5.74) is 2.13. The Morgan fingerprint density at radius 3 is 2.87 bits per heavy atom. The van der Waals surface area contributed by atoms with Crippen LogP contribution in [-0.2, 0) is 16.0 Å². The van der Waals surface area contributed by atoms with E-state index in [-0.39, 0.29) is 5.97 Å². The summed E-state index contributed by atoms with van der Waals surface area (Å²) in [5.74, 6) is 0.362. The summed E-state index contributed by atoms with van der Waals surface area (Å²) in [7, 11) is 4.07. The van der Waals surface area contributed by atoms with Gasteiger partial charge in [0.1, 0.15) is 12.0 Å². The maximum absolute atomic E-state index is 12.0. The largest absolute Gasteiger partial charge is 0.426 e. The first-order valence-corrected chi connectivity index (χ1v) is 8.00. The first kappa shape index (κ1) is 17.2. The highest BCUT2D eigenvalue weighted by Gasteiger charge is 2.13. The van der Waals surface area contributed by atoms with Gasteiger partial charge < -0.3 is 19.4 Å². The van der Waals surface area contributed by atoms with Gasteiger partial charge in [-0.25, -0.2) is 0 Å². The van der Waals surface area contributed by atoms with Crippen LogP contribution in [0.15, 0.2) is 24.4 Å². The van der Waals surface area contributed by atoms with Gasteiger partial charge in [-0.05, 0) is 51.1 Å². The van der Waals surface area contributed by atoms with Crippen LogP contribution in [0.1, 0.15) is 31.2 Å². The number of ether oxygens (including phenoxy) is 1. The minimum atomic E-state index is -0.247. The number of H-pyrrole nitrogens is 1. The van der Waals surface area contributed by atoms with Gasteiger partial charge in [0.2, 0.25) is 0 Å². The van der Waals surface area contributed by atoms with Gasteiger partial charge in [-0.1, -0.05) is 6.07 Å². The number of fused-ring (bicyclic) bond motifs is 1. The van der Waals surface area contributed by atoms with Gasteiger partial charge >= 0.3 is 5.97 Å². The molecular weight excluding hydrogens is 292 g/mol. The molecule has 0 fully saturated rings. The molecule has 1 aromatic carbocycles. The molecule has 0 saturated carbocycles. The SMILES string of the molecule is CN(C)CCc1c[nH]c2cccc(OC(=O)CCCCC=O)c12. The molecule has 0 bridgehead atoms.